The third-order valence-electron chi connectivity index (χ3n) is 5.15. The predicted molar refractivity (Wildman–Crippen MR) is 103 cm³/mol. The molecule has 0 spiro atoms. The Bertz CT molecular complexity index is 1040. The van der Waals surface area contributed by atoms with Crippen LogP contribution < -0.4 is 0 Å². The lowest BCUT2D eigenvalue weighted by atomic mass is 10.0. The molecule has 0 aliphatic carbocycles. The fourth-order valence-corrected chi connectivity index (χ4v) is 3.76. The number of amides is 1. The number of rotatable bonds is 3. The Hall–Kier alpha value is -2.51. The van der Waals surface area contributed by atoms with Crippen molar-refractivity contribution in [2.75, 3.05) is 26.3 Å². The van der Waals surface area contributed by atoms with E-state index < -0.39 is 0 Å². The van der Waals surface area contributed by atoms with Gasteiger partial charge in [-0.2, -0.15) is 5.10 Å². The van der Waals surface area contributed by atoms with E-state index in [4.69, 9.17) is 16.3 Å². The highest BCUT2D eigenvalue weighted by Gasteiger charge is 2.24. The molecule has 1 aromatic carbocycles. The van der Waals surface area contributed by atoms with Crippen molar-refractivity contribution in [2.45, 2.75) is 20.3 Å². The second-order valence-corrected chi connectivity index (χ2v) is 7.24. The van der Waals surface area contributed by atoms with Gasteiger partial charge in [-0.1, -0.05) is 17.7 Å². The van der Waals surface area contributed by atoms with Crippen LogP contribution in [0.15, 0.2) is 24.4 Å². The van der Waals surface area contributed by atoms with Gasteiger partial charge < -0.3 is 9.64 Å². The van der Waals surface area contributed by atoms with Gasteiger partial charge >= 0.3 is 0 Å². The van der Waals surface area contributed by atoms with Crippen LogP contribution in [-0.2, 0) is 11.2 Å². The molecule has 0 unspecified atom stereocenters. The van der Waals surface area contributed by atoms with Crippen LogP contribution >= 0.6 is 11.6 Å². The molecule has 0 N–H and O–H groups in total. The summed E-state index contributed by atoms with van der Waals surface area (Å²) in [6.45, 7) is 5.92. The average molecular weight is 403 g/mol. The summed E-state index contributed by atoms with van der Waals surface area (Å²) < 4.78 is 21.2. The predicted octanol–water partition coefficient (Wildman–Crippen LogP) is 3.20. The van der Waals surface area contributed by atoms with Crippen LogP contribution in [0.3, 0.4) is 0 Å². The van der Waals surface area contributed by atoms with Gasteiger partial charge in [0.25, 0.3) is 5.91 Å². The van der Waals surface area contributed by atoms with Gasteiger partial charge in [0.05, 0.1) is 19.4 Å². The number of morpholine rings is 1. The monoisotopic (exact) mass is 402 g/mol. The maximum Gasteiger partial charge on any atom is 0.259 e. The Labute approximate surface area is 166 Å². The van der Waals surface area contributed by atoms with Gasteiger partial charge in [0, 0.05) is 41.5 Å². The average Bonchev–Trinajstić information content (AvgIpc) is 3.11. The molecule has 1 aliphatic rings. The van der Waals surface area contributed by atoms with Crippen LogP contribution in [0.2, 0.25) is 5.02 Å². The van der Waals surface area contributed by atoms with Crippen LogP contribution in [-0.4, -0.2) is 51.7 Å². The number of nitrogens with zero attached hydrogens (tertiary/aromatic N) is 4. The number of aryl methyl sites for hydroxylation is 2. The molecule has 3 aromatic rings. The molecular weight excluding hydrogens is 383 g/mol. The van der Waals surface area contributed by atoms with Crippen molar-refractivity contribution < 1.29 is 13.9 Å². The van der Waals surface area contributed by atoms with E-state index >= 15 is 0 Å². The van der Waals surface area contributed by atoms with Crippen molar-refractivity contribution in [3.05, 3.63) is 63.3 Å². The van der Waals surface area contributed by atoms with Crippen LogP contribution in [0.4, 0.5) is 4.39 Å². The molecule has 0 bridgehead atoms. The molecule has 1 amide bonds. The van der Waals surface area contributed by atoms with E-state index in [0.717, 1.165) is 17.0 Å². The van der Waals surface area contributed by atoms with Gasteiger partial charge in [-0.3, -0.25) is 4.79 Å². The summed E-state index contributed by atoms with van der Waals surface area (Å²) in [4.78, 5) is 19.2. The summed E-state index contributed by atoms with van der Waals surface area (Å²) in [5.41, 5.74) is 3.77. The zero-order valence-electron chi connectivity index (χ0n) is 15.7. The molecule has 28 heavy (non-hydrogen) atoms. The molecule has 2 aromatic heterocycles. The van der Waals surface area contributed by atoms with E-state index in [1.54, 1.807) is 27.7 Å². The summed E-state index contributed by atoms with van der Waals surface area (Å²) >= 11 is 6.19. The maximum atomic E-state index is 14.2. The number of aromatic nitrogens is 3. The van der Waals surface area contributed by atoms with E-state index in [0.29, 0.717) is 54.5 Å². The molecular formula is C20H20ClFN4O2. The molecule has 0 saturated carbocycles. The molecule has 1 saturated heterocycles. The SMILES string of the molecule is Cc1nc2c(C(=O)N3CCOCC3)cnn2c(C)c1Cc1c(F)cccc1Cl. The van der Waals surface area contributed by atoms with Crippen molar-refractivity contribution in [2.24, 2.45) is 0 Å². The summed E-state index contributed by atoms with van der Waals surface area (Å²) in [5.74, 6) is -0.454. The molecule has 0 atom stereocenters. The molecule has 1 aliphatic heterocycles. The normalized spacial score (nSPS) is 14.6. The highest BCUT2D eigenvalue weighted by atomic mass is 35.5. The van der Waals surface area contributed by atoms with E-state index in [1.165, 1.54) is 6.07 Å². The maximum absolute atomic E-state index is 14.2. The number of fused-ring (bicyclic) bond motifs is 1. The van der Waals surface area contributed by atoms with Gasteiger partial charge in [-0.15, -0.1) is 0 Å². The number of carbonyl (C=O) groups excluding carboxylic acids is 1. The first kappa shape index (κ1) is 18.8. The van der Waals surface area contributed by atoms with E-state index in [1.807, 2.05) is 13.8 Å². The molecule has 8 heteroatoms. The zero-order valence-corrected chi connectivity index (χ0v) is 16.5. The minimum absolute atomic E-state index is 0.102. The molecule has 6 nitrogen and oxygen atoms in total. The second-order valence-electron chi connectivity index (χ2n) is 6.84. The summed E-state index contributed by atoms with van der Waals surface area (Å²) in [6.07, 6.45) is 1.85. The topological polar surface area (TPSA) is 59.7 Å². The number of carbonyl (C=O) groups is 1. The van der Waals surface area contributed by atoms with Gasteiger partial charge in [0.2, 0.25) is 0 Å². The molecule has 1 fully saturated rings. The van der Waals surface area contributed by atoms with E-state index in [9.17, 15) is 9.18 Å². The fourth-order valence-electron chi connectivity index (χ4n) is 3.53. The Morgan fingerprint density at radius 3 is 2.71 bits per heavy atom. The standard InChI is InChI=1S/C20H20ClFN4O2/c1-12-14(10-15-17(21)4-3-5-18(15)22)13(2)26-19(24-12)16(11-23-26)20(27)25-6-8-28-9-7-25/h3-5,11H,6-10H2,1-2H3. The van der Waals surface area contributed by atoms with Gasteiger partial charge in [0.15, 0.2) is 5.65 Å². The third-order valence-corrected chi connectivity index (χ3v) is 5.51. The minimum atomic E-state index is -0.352. The Kier molecular flexibility index (Phi) is 5.03. The summed E-state index contributed by atoms with van der Waals surface area (Å²) in [7, 11) is 0. The highest BCUT2D eigenvalue weighted by Crippen LogP contribution is 2.26. The second kappa shape index (κ2) is 7.48. The molecule has 0 radical (unpaired) electrons. The third kappa shape index (κ3) is 3.25. The minimum Gasteiger partial charge on any atom is -0.378 e. The number of hydrogen-bond donors (Lipinski definition) is 0. The number of ether oxygens (including phenoxy) is 1. The largest absolute Gasteiger partial charge is 0.378 e. The first-order valence-corrected chi connectivity index (χ1v) is 9.49. The smallest absolute Gasteiger partial charge is 0.259 e. The van der Waals surface area contributed by atoms with Crippen molar-refractivity contribution in [3.8, 4) is 0 Å². The van der Waals surface area contributed by atoms with Crippen LogP contribution in [0.5, 0.6) is 0 Å². The first-order valence-electron chi connectivity index (χ1n) is 9.11. The van der Waals surface area contributed by atoms with Gasteiger partial charge in [-0.25, -0.2) is 13.9 Å². The van der Waals surface area contributed by atoms with Crippen molar-refractivity contribution in [1.29, 1.82) is 0 Å². The highest BCUT2D eigenvalue weighted by molar-refractivity contribution is 6.31. The van der Waals surface area contributed by atoms with Crippen LogP contribution in [0.1, 0.15) is 32.9 Å². The van der Waals surface area contributed by atoms with E-state index in [2.05, 4.69) is 10.1 Å². The lowest BCUT2D eigenvalue weighted by Gasteiger charge is -2.26. The fraction of sp³-hybridized carbons (Fsp3) is 0.350. The lowest BCUT2D eigenvalue weighted by Crippen LogP contribution is -2.40. The molecule has 146 valence electrons. The first-order chi connectivity index (χ1) is 13.5. The number of halogens is 2. The van der Waals surface area contributed by atoms with E-state index in [-0.39, 0.29) is 11.7 Å². The molecule has 3 heterocycles. The van der Waals surface area contributed by atoms with Crippen molar-refractivity contribution >= 4 is 23.2 Å². The van der Waals surface area contributed by atoms with Gasteiger partial charge in [-0.05, 0) is 31.5 Å². The molecule has 4 rings (SSSR count). The van der Waals surface area contributed by atoms with Crippen LogP contribution in [0, 0.1) is 19.7 Å². The number of benzene rings is 1. The van der Waals surface area contributed by atoms with Crippen LogP contribution in [0.25, 0.3) is 5.65 Å². The Morgan fingerprint density at radius 1 is 1.25 bits per heavy atom. The lowest BCUT2D eigenvalue weighted by molar-refractivity contribution is 0.0304. The summed E-state index contributed by atoms with van der Waals surface area (Å²) in [6, 6.07) is 4.65. The Morgan fingerprint density at radius 2 is 2.00 bits per heavy atom. The quantitative estimate of drug-likeness (QED) is 0.675. The van der Waals surface area contributed by atoms with Crippen molar-refractivity contribution in [1.82, 2.24) is 19.5 Å². The van der Waals surface area contributed by atoms with Gasteiger partial charge in [0.1, 0.15) is 11.4 Å². The van der Waals surface area contributed by atoms with Crippen molar-refractivity contribution in [3.63, 3.8) is 0 Å². The Balaban J connectivity index is 1.74. The number of hydrogen-bond acceptors (Lipinski definition) is 4. The summed E-state index contributed by atoms with van der Waals surface area (Å²) in [5, 5.41) is 4.75. The zero-order chi connectivity index (χ0) is 19.8.